The van der Waals surface area contributed by atoms with Crippen LogP contribution in [0.5, 0.6) is 0 Å². The molecule has 0 aliphatic heterocycles. The minimum absolute atomic E-state index is 0.0341. The van der Waals surface area contributed by atoms with E-state index in [9.17, 15) is 9.59 Å². The van der Waals surface area contributed by atoms with Crippen LogP contribution in [0.4, 0.5) is 5.82 Å². The summed E-state index contributed by atoms with van der Waals surface area (Å²) < 4.78 is 9.42. The number of aryl methyl sites for hydroxylation is 1. The second-order valence-electron chi connectivity index (χ2n) is 3.84. The Balaban J connectivity index is 2.90. The Morgan fingerprint density at radius 2 is 2.05 bits per heavy atom. The van der Waals surface area contributed by atoms with Crippen molar-refractivity contribution in [3.8, 4) is 0 Å². The van der Waals surface area contributed by atoms with Crippen LogP contribution in [-0.2, 0) is 14.3 Å². The number of hydrogen-bond acceptors (Lipinski definition) is 7. The van der Waals surface area contributed by atoms with Gasteiger partial charge in [-0.15, -0.1) is 0 Å². The molecule has 0 N–H and O–H groups in total. The Kier molecular flexibility index (Phi) is 5.23. The maximum absolute atomic E-state index is 11.4. The monoisotopic (exact) mass is 267 g/mol. The van der Waals surface area contributed by atoms with Gasteiger partial charge < -0.3 is 14.4 Å². The highest BCUT2D eigenvalue weighted by molar-refractivity contribution is 5.85. The fourth-order valence-corrected chi connectivity index (χ4v) is 1.41. The van der Waals surface area contributed by atoms with Gasteiger partial charge in [-0.05, 0) is 13.8 Å². The molecule has 0 aliphatic rings. The predicted octanol–water partition coefficient (Wildman–Crippen LogP) is 0.571. The second-order valence-corrected chi connectivity index (χ2v) is 3.84. The molecule has 1 aromatic heterocycles. The lowest BCUT2D eigenvalue weighted by molar-refractivity contribution is -0.141. The maximum Gasteiger partial charge on any atom is 0.376 e. The summed E-state index contributed by atoms with van der Waals surface area (Å²) in [5.41, 5.74) is 0.612. The van der Waals surface area contributed by atoms with Crippen molar-refractivity contribution in [2.45, 2.75) is 13.8 Å². The van der Waals surface area contributed by atoms with Crippen molar-refractivity contribution in [1.82, 2.24) is 9.97 Å². The van der Waals surface area contributed by atoms with E-state index in [1.54, 1.807) is 31.9 Å². The third-order valence-corrected chi connectivity index (χ3v) is 2.27. The summed E-state index contributed by atoms with van der Waals surface area (Å²) >= 11 is 0. The number of anilines is 1. The Morgan fingerprint density at radius 1 is 1.37 bits per heavy atom. The Labute approximate surface area is 111 Å². The third kappa shape index (κ3) is 4.20. The number of esters is 2. The number of nitrogens with zero attached hydrogens (tertiary/aromatic N) is 3. The number of methoxy groups -OCH3 is 1. The molecule has 0 fully saturated rings. The summed E-state index contributed by atoms with van der Waals surface area (Å²) in [4.78, 5) is 32.4. The minimum atomic E-state index is -0.616. The van der Waals surface area contributed by atoms with Crippen LogP contribution in [0.2, 0.25) is 0 Å². The predicted molar refractivity (Wildman–Crippen MR) is 68.0 cm³/mol. The van der Waals surface area contributed by atoms with Gasteiger partial charge in [0.25, 0.3) is 0 Å². The summed E-state index contributed by atoms with van der Waals surface area (Å²) in [7, 11) is 2.94. The van der Waals surface area contributed by atoms with Crippen LogP contribution < -0.4 is 4.90 Å². The minimum Gasteiger partial charge on any atom is -0.465 e. The van der Waals surface area contributed by atoms with Gasteiger partial charge in [0.15, 0.2) is 0 Å². The van der Waals surface area contributed by atoms with E-state index in [-0.39, 0.29) is 18.3 Å². The van der Waals surface area contributed by atoms with Crippen LogP contribution in [0, 0.1) is 6.92 Å². The van der Waals surface area contributed by atoms with Crippen LogP contribution in [0.1, 0.15) is 23.2 Å². The fourth-order valence-electron chi connectivity index (χ4n) is 1.41. The van der Waals surface area contributed by atoms with E-state index in [1.165, 1.54) is 7.11 Å². The lowest BCUT2D eigenvalue weighted by Gasteiger charge is -2.17. The molecule has 0 bridgehead atoms. The molecule has 0 atom stereocenters. The van der Waals surface area contributed by atoms with Crippen molar-refractivity contribution < 1.29 is 19.1 Å². The lowest BCUT2D eigenvalue weighted by atomic mass is 10.4. The van der Waals surface area contributed by atoms with Crippen LogP contribution in [0.3, 0.4) is 0 Å². The molecule has 0 amide bonds. The molecule has 0 aromatic carbocycles. The van der Waals surface area contributed by atoms with Crippen molar-refractivity contribution in [2.75, 3.05) is 32.2 Å². The zero-order valence-electron chi connectivity index (χ0n) is 11.5. The third-order valence-electron chi connectivity index (χ3n) is 2.27. The van der Waals surface area contributed by atoms with E-state index in [2.05, 4.69) is 14.7 Å². The van der Waals surface area contributed by atoms with Crippen molar-refractivity contribution in [1.29, 1.82) is 0 Å². The molecule has 1 heterocycles. The largest absolute Gasteiger partial charge is 0.465 e. The van der Waals surface area contributed by atoms with E-state index >= 15 is 0 Å². The molecule has 0 aliphatic carbocycles. The molecular formula is C12H17N3O4. The number of hydrogen-bond donors (Lipinski definition) is 0. The van der Waals surface area contributed by atoms with Gasteiger partial charge in [-0.25, -0.2) is 14.8 Å². The quantitative estimate of drug-likeness (QED) is 0.721. The summed E-state index contributed by atoms with van der Waals surface area (Å²) in [5.74, 6) is -0.551. The maximum atomic E-state index is 11.4. The topological polar surface area (TPSA) is 81.6 Å². The summed E-state index contributed by atoms with van der Waals surface area (Å²) in [5, 5.41) is 0. The normalized spacial score (nSPS) is 9.89. The molecular weight excluding hydrogens is 250 g/mol. The van der Waals surface area contributed by atoms with Crippen molar-refractivity contribution in [2.24, 2.45) is 0 Å². The van der Waals surface area contributed by atoms with E-state index in [0.717, 1.165) is 0 Å². The van der Waals surface area contributed by atoms with Crippen molar-refractivity contribution in [3.05, 3.63) is 17.6 Å². The molecule has 0 saturated heterocycles. The fraction of sp³-hybridized carbons (Fsp3) is 0.500. The lowest BCUT2D eigenvalue weighted by Crippen LogP contribution is -2.28. The van der Waals surface area contributed by atoms with Gasteiger partial charge >= 0.3 is 11.9 Å². The molecule has 7 heteroatoms. The van der Waals surface area contributed by atoms with Crippen molar-refractivity contribution in [3.63, 3.8) is 0 Å². The van der Waals surface area contributed by atoms with Crippen LogP contribution >= 0.6 is 0 Å². The highest BCUT2D eigenvalue weighted by Gasteiger charge is 2.15. The highest BCUT2D eigenvalue weighted by atomic mass is 16.5. The molecule has 104 valence electrons. The Bertz CT molecular complexity index is 476. The molecule has 19 heavy (non-hydrogen) atoms. The van der Waals surface area contributed by atoms with E-state index in [0.29, 0.717) is 18.1 Å². The van der Waals surface area contributed by atoms with Gasteiger partial charge in [-0.3, -0.25) is 4.79 Å². The standard InChI is InChI=1S/C12H17N3O4/c1-5-19-10(16)7-15(3)9-6-8(2)13-11(14-9)12(17)18-4/h6H,5,7H2,1-4H3. The first-order valence-electron chi connectivity index (χ1n) is 5.78. The molecule has 0 saturated carbocycles. The smallest absolute Gasteiger partial charge is 0.376 e. The number of carbonyl (C=O) groups is 2. The van der Waals surface area contributed by atoms with Crippen LogP contribution in [0.25, 0.3) is 0 Å². The van der Waals surface area contributed by atoms with Gasteiger partial charge in [-0.2, -0.15) is 0 Å². The Hall–Kier alpha value is -2.18. The van der Waals surface area contributed by atoms with E-state index in [1.807, 2.05) is 0 Å². The summed E-state index contributed by atoms with van der Waals surface area (Å²) in [6.45, 7) is 3.84. The number of ether oxygens (including phenoxy) is 2. The number of aromatic nitrogens is 2. The average molecular weight is 267 g/mol. The van der Waals surface area contributed by atoms with Gasteiger partial charge in [0.2, 0.25) is 5.82 Å². The molecule has 0 spiro atoms. The molecule has 0 unspecified atom stereocenters. The molecule has 1 rings (SSSR count). The number of carbonyl (C=O) groups excluding carboxylic acids is 2. The second kappa shape index (κ2) is 6.67. The van der Waals surface area contributed by atoms with Gasteiger partial charge in [0, 0.05) is 18.8 Å². The SMILES string of the molecule is CCOC(=O)CN(C)c1cc(C)nc(C(=O)OC)n1. The number of likely N-dealkylation sites (N-methyl/N-ethyl adjacent to an activating group) is 1. The van der Waals surface area contributed by atoms with Crippen LogP contribution in [-0.4, -0.2) is 49.2 Å². The van der Waals surface area contributed by atoms with E-state index in [4.69, 9.17) is 4.74 Å². The highest BCUT2D eigenvalue weighted by Crippen LogP contribution is 2.11. The summed E-state index contributed by atoms with van der Waals surface area (Å²) in [6.07, 6.45) is 0. The molecule has 7 nitrogen and oxygen atoms in total. The first-order valence-corrected chi connectivity index (χ1v) is 5.78. The van der Waals surface area contributed by atoms with Gasteiger partial charge in [-0.1, -0.05) is 0 Å². The molecule has 1 aromatic rings. The van der Waals surface area contributed by atoms with Crippen molar-refractivity contribution >= 4 is 17.8 Å². The van der Waals surface area contributed by atoms with E-state index < -0.39 is 5.97 Å². The molecule has 0 radical (unpaired) electrons. The van der Waals surface area contributed by atoms with Gasteiger partial charge in [0.1, 0.15) is 12.4 Å². The first-order chi connectivity index (χ1) is 8.97. The Morgan fingerprint density at radius 3 is 2.63 bits per heavy atom. The average Bonchev–Trinajstić information content (AvgIpc) is 2.37. The zero-order valence-corrected chi connectivity index (χ0v) is 11.5. The number of rotatable bonds is 5. The van der Waals surface area contributed by atoms with Crippen LogP contribution in [0.15, 0.2) is 6.07 Å². The zero-order chi connectivity index (χ0) is 14.4. The first kappa shape index (κ1) is 14.9. The van der Waals surface area contributed by atoms with Gasteiger partial charge in [0.05, 0.1) is 13.7 Å². The summed E-state index contributed by atoms with van der Waals surface area (Å²) in [6, 6.07) is 1.67.